The number of aromatic nitrogens is 1. The number of hydrogen-bond donors (Lipinski definition) is 2. The number of pyridine rings is 1. The molecule has 0 spiro atoms. The standard InChI is InChI=1S/C22H26N2O3/c1-17(25)24-15-13-18-9-11-19(12-10-18)21(20-6-5-14-23-16-20)7-3-2-4-8-22(26)27/h5-7,9-12,14,16H,2-4,8,13,15H2,1H3,(H,24,25)(H,26,27)/b21-7-. The first-order chi connectivity index (χ1) is 13.1. The second kappa shape index (κ2) is 10.9. The van der Waals surface area contributed by atoms with Gasteiger partial charge < -0.3 is 10.4 Å². The van der Waals surface area contributed by atoms with E-state index in [2.05, 4.69) is 40.6 Å². The minimum absolute atomic E-state index is 0.0173. The van der Waals surface area contributed by atoms with Crippen LogP contribution in [0.3, 0.4) is 0 Å². The first-order valence-corrected chi connectivity index (χ1v) is 9.22. The summed E-state index contributed by atoms with van der Waals surface area (Å²) in [6.07, 6.45) is 9.08. The fourth-order valence-electron chi connectivity index (χ4n) is 2.83. The molecule has 0 atom stereocenters. The first-order valence-electron chi connectivity index (χ1n) is 9.22. The van der Waals surface area contributed by atoms with Crippen LogP contribution in [0.4, 0.5) is 0 Å². The number of allylic oxidation sites excluding steroid dienone is 1. The van der Waals surface area contributed by atoms with Gasteiger partial charge in [0.2, 0.25) is 5.91 Å². The van der Waals surface area contributed by atoms with E-state index in [9.17, 15) is 9.59 Å². The Morgan fingerprint density at radius 1 is 1.11 bits per heavy atom. The minimum Gasteiger partial charge on any atom is -0.481 e. The van der Waals surface area contributed by atoms with Crippen molar-refractivity contribution in [2.45, 2.75) is 39.0 Å². The molecule has 2 aromatic rings. The van der Waals surface area contributed by atoms with Crippen molar-refractivity contribution in [1.82, 2.24) is 10.3 Å². The van der Waals surface area contributed by atoms with E-state index in [1.807, 2.05) is 18.3 Å². The van der Waals surface area contributed by atoms with Crippen LogP contribution in [-0.2, 0) is 16.0 Å². The van der Waals surface area contributed by atoms with E-state index >= 15 is 0 Å². The molecular weight excluding hydrogens is 340 g/mol. The summed E-state index contributed by atoms with van der Waals surface area (Å²) in [4.78, 5) is 25.8. The SMILES string of the molecule is CC(=O)NCCc1ccc(/C(=C/CCCCC(=O)O)c2cccnc2)cc1. The van der Waals surface area contributed by atoms with E-state index in [0.29, 0.717) is 13.0 Å². The van der Waals surface area contributed by atoms with Crippen molar-refractivity contribution in [2.24, 2.45) is 0 Å². The first kappa shape index (κ1) is 20.4. The summed E-state index contributed by atoms with van der Waals surface area (Å²) in [6.45, 7) is 2.15. The maximum Gasteiger partial charge on any atom is 0.303 e. The summed E-state index contributed by atoms with van der Waals surface area (Å²) in [5.41, 5.74) is 4.41. The zero-order chi connectivity index (χ0) is 19.5. The minimum atomic E-state index is -0.749. The molecule has 1 heterocycles. The quantitative estimate of drug-likeness (QED) is 0.626. The predicted octanol–water partition coefficient (Wildman–Crippen LogP) is 3.84. The normalized spacial score (nSPS) is 11.2. The summed E-state index contributed by atoms with van der Waals surface area (Å²) >= 11 is 0. The zero-order valence-corrected chi connectivity index (χ0v) is 15.6. The van der Waals surface area contributed by atoms with Crippen molar-refractivity contribution in [1.29, 1.82) is 0 Å². The smallest absolute Gasteiger partial charge is 0.303 e. The molecule has 27 heavy (non-hydrogen) atoms. The molecule has 0 aliphatic carbocycles. The van der Waals surface area contributed by atoms with Crippen molar-refractivity contribution in [3.8, 4) is 0 Å². The average molecular weight is 366 g/mol. The van der Waals surface area contributed by atoms with Crippen LogP contribution < -0.4 is 5.32 Å². The van der Waals surface area contributed by atoms with Crippen LogP contribution >= 0.6 is 0 Å². The molecule has 0 unspecified atom stereocenters. The third-order valence-electron chi connectivity index (χ3n) is 4.22. The van der Waals surface area contributed by atoms with E-state index in [0.717, 1.165) is 36.0 Å². The molecule has 142 valence electrons. The number of nitrogens with zero attached hydrogens (tertiary/aromatic N) is 1. The molecule has 1 amide bonds. The molecule has 0 aliphatic heterocycles. The van der Waals surface area contributed by atoms with Crippen LogP contribution in [0.1, 0.15) is 49.3 Å². The lowest BCUT2D eigenvalue weighted by atomic mass is 9.96. The van der Waals surface area contributed by atoms with Gasteiger partial charge in [-0.05, 0) is 48.4 Å². The van der Waals surface area contributed by atoms with Crippen LogP contribution in [0.15, 0.2) is 54.9 Å². The monoisotopic (exact) mass is 366 g/mol. The molecule has 0 fully saturated rings. The second-order valence-corrected chi connectivity index (χ2v) is 6.43. The van der Waals surface area contributed by atoms with Crippen LogP contribution in [0.25, 0.3) is 5.57 Å². The zero-order valence-electron chi connectivity index (χ0n) is 15.6. The van der Waals surface area contributed by atoms with Gasteiger partial charge >= 0.3 is 5.97 Å². The number of carboxylic acids is 1. The third-order valence-corrected chi connectivity index (χ3v) is 4.22. The van der Waals surface area contributed by atoms with Gasteiger partial charge in [-0.15, -0.1) is 0 Å². The van der Waals surface area contributed by atoms with Gasteiger partial charge in [-0.25, -0.2) is 0 Å². The van der Waals surface area contributed by atoms with Crippen LogP contribution in [0.2, 0.25) is 0 Å². The Morgan fingerprint density at radius 3 is 2.52 bits per heavy atom. The molecule has 1 aromatic heterocycles. The van der Waals surface area contributed by atoms with Gasteiger partial charge in [0.15, 0.2) is 0 Å². The second-order valence-electron chi connectivity index (χ2n) is 6.43. The number of aliphatic carboxylic acids is 1. The van der Waals surface area contributed by atoms with Crippen molar-refractivity contribution >= 4 is 17.4 Å². The predicted molar refractivity (Wildman–Crippen MR) is 106 cm³/mol. The van der Waals surface area contributed by atoms with Gasteiger partial charge in [-0.3, -0.25) is 14.6 Å². The van der Waals surface area contributed by atoms with Crippen molar-refractivity contribution < 1.29 is 14.7 Å². The van der Waals surface area contributed by atoms with Gasteiger partial charge in [-0.1, -0.05) is 36.4 Å². The van der Waals surface area contributed by atoms with Gasteiger partial charge in [-0.2, -0.15) is 0 Å². The molecule has 5 heteroatoms. The number of carboxylic acid groups (broad SMARTS) is 1. The van der Waals surface area contributed by atoms with Crippen molar-refractivity contribution in [2.75, 3.05) is 6.54 Å². The summed E-state index contributed by atoms with van der Waals surface area (Å²) in [5.74, 6) is -0.766. The summed E-state index contributed by atoms with van der Waals surface area (Å²) in [6, 6.07) is 12.3. The Balaban J connectivity index is 2.08. The van der Waals surface area contributed by atoms with E-state index < -0.39 is 5.97 Å². The highest BCUT2D eigenvalue weighted by Crippen LogP contribution is 2.24. The fourth-order valence-corrected chi connectivity index (χ4v) is 2.83. The van der Waals surface area contributed by atoms with Crippen LogP contribution in [-0.4, -0.2) is 28.5 Å². The Kier molecular flexibility index (Phi) is 8.23. The lowest BCUT2D eigenvalue weighted by molar-refractivity contribution is -0.137. The molecule has 0 saturated heterocycles. The number of unbranched alkanes of at least 4 members (excludes halogenated alkanes) is 2. The average Bonchev–Trinajstić information content (AvgIpc) is 2.66. The topological polar surface area (TPSA) is 79.3 Å². The van der Waals surface area contributed by atoms with Crippen LogP contribution in [0.5, 0.6) is 0 Å². The number of nitrogens with one attached hydrogen (secondary N) is 1. The van der Waals surface area contributed by atoms with E-state index in [1.54, 1.807) is 6.20 Å². The molecule has 0 radical (unpaired) electrons. The van der Waals surface area contributed by atoms with E-state index in [-0.39, 0.29) is 12.3 Å². The largest absolute Gasteiger partial charge is 0.481 e. The van der Waals surface area contributed by atoms with Gasteiger partial charge in [0.25, 0.3) is 0 Å². The van der Waals surface area contributed by atoms with Crippen molar-refractivity contribution in [3.05, 3.63) is 71.6 Å². The molecule has 2 rings (SSSR count). The number of carbonyl (C=O) groups is 2. The molecule has 5 nitrogen and oxygen atoms in total. The Hall–Kier alpha value is -2.95. The highest BCUT2D eigenvalue weighted by Gasteiger charge is 2.06. The number of carbonyl (C=O) groups excluding carboxylic acids is 1. The van der Waals surface area contributed by atoms with Gasteiger partial charge in [0.1, 0.15) is 0 Å². The molecule has 0 aliphatic rings. The maximum absolute atomic E-state index is 11.0. The Labute approximate surface area is 160 Å². The maximum atomic E-state index is 11.0. The number of hydrogen-bond acceptors (Lipinski definition) is 3. The molecular formula is C22H26N2O3. The van der Waals surface area contributed by atoms with Gasteiger partial charge in [0, 0.05) is 37.8 Å². The highest BCUT2D eigenvalue weighted by atomic mass is 16.4. The molecule has 2 N–H and O–H groups in total. The molecule has 0 saturated carbocycles. The number of benzene rings is 1. The highest BCUT2D eigenvalue weighted by molar-refractivity contribution is 5.79. The summed E-state index contributed by atoms with van der Waals surface area (Å²) in [5, 5.41) is 11.6. The van der Waals surface area contributed by atoms with Crippen molar-refractivity contribution in [3.63, 3.8) is 0 Å². The van der Waals surface area contributed by atoms with Crippen LogP contribution in [0, 0.1) is 0 Å². The molecule has 0 bridgehead atoms. The Morgan fingerprint density at radius 2 is 1.89 bits per heavy atom. The number of amides is 1. The fraction of sp³-hybridized carbons (Fsp3) is 0.318. The van der Waals surface area contributed by atoms with E-state index in [1.165, 1.54) is 12.5 Å². The van der Waals surface area contributed by atoms with E-state index in [4.69, 9.17) is 5.11 Å². The lowest BCUT2D eigenvalue weighted by Crippen LogP contribution is -2.22. The van der Waals surface area contributed by atoms with Gasteiger partial charge in [0.05, 0.1) is 0 Å². The molecule has 1 aromatic carbocycles. The number of rotatable bonds is 10. The summed E-state index contributed by atoms with van der Waals surface area (Å²) in [7, 11) is 0. The summed E-state index contributed by atoms with van der Waals surface area (Å²) < 4.78 is 0. The lowest BCUT2D eigenvalue weighted by Gasteiger charge is -2.10. The third kappa shape index (κ3) is 7.44. The Bertz CT molecular complexity index is 768.